The quantitative estimate of drug-likeness (QED) is 0.807. The van der Waals surface area contributed by atoms with Crippen LogP contribution in [-0.4, -0.2) is 4.57 Å². The predicted octanol–water partition coefficient (Wildman–Crippen LogP) is 4.14. The SMILES string of the molecule is Cn1c[c]cc1Oc1cc(Br)ccc1Br. The lowest BCUT2D eigenvalue weighted by Crippen LogP contribution is -1.92. The number of aromatic nitrogens is 1. The van der Waals surface area contributed by atoms with Gasteiger partial charge in [0.2, 0.25) is 0 Å². The van der Waals surface area contributed by atoms with Gasteiger partial charge in [0.15, 0.2) is 5.88 Å². The van der Waals surface area contributed by atoms with E-state index < -0.39 is 0 Å². The van der Waals surface area contributed by atoms with Gasteiger partial charge in [-0.15, -0.1) is 0 Å². The summed E-state index contributed by atoms with van der Waals surface area (Å²) in [6.07, 6.45) is 1.82. The molecular formula is C11H8Br2NO. The van der Waals surface area contributed by atoms with Crippen LogP contribution < -0.4 is 4.74 Å². The Hall–Kier alpha value is -0.740. The van der Waals surface area contributed by atoms with Crippen LogP contribution in [0, 0.1) is 6.07 Å². The fourth-order valence-corrected chi connectivity index (χ4v) is 1.82. The van der Waals surface area contributed by atoms with Crippen molar-refractivity contribution in [2.75, 3.05) is 0 Å². The smallest absolute Gasteiger partial charge is 0.200 e. The van der Waals surface area contributed by atoms with Gasteiger partial charge in [-0.25, -0.2) is 0 Å². The molecule has 1 aromatic heterocycles. The molecule has 0 saturated carbocycles. The maximum Gasteiger partial charge on any atom is 0.200 e. The van der Waals surface area contributed by atoms with E-state index in [0.29, 0.717) is 0 Å². The van der Waals surface area contributed by atoms with Crippen molar-refractivity contribution >= 4 is 31.9 Å². The molecule has 0 saturated heterocycles. The van der Waals surface area contributed by atoms with Gasteiger partial charge in [0.25, 0.3) is 0 Å². The third-order valence-electron chi connectivity index (χ3n) is 1.93. The Balaban J connectivity index is 2.32. The molecule has 1 heterocycles. The van der Waals surface area contributed by atoms with E-state index in [-0.39, 0.29) is 0 Å². The highest BCUT2D eigenvalue weighted by molar-refractivity contribution is 9.11. The second-order valence-electron chi connectivity index (χ2n) is 3.07. The van der Waals surface area contributed by atoms with E-state index in [0.717, 1.165) is 20.6 Å². The van der Waals surface area contributed by atoms with E-state index in [9.17, 15) is 0 Å². The van der Waals surface area contributed by atoms with Crippen LogP contribution >= 0.6 is 31.9 Å². The number of hydrogen-bond acceptors (Lipinski definition) is 1. The van der Waals surface area contributed by atoms with Gasteiger partial charge in [0, 0.05) is 29.8 Å². The van der Waals surface area contributed by atoms with Crippen LogP contribution in [0.1, 0.15) is 0 Å². The molecule has 0 unspecified atom stereocenters. The predicted molar refractivity (Wildman–Crippen MR) is 66.2 cm³/mol. The molecule has 2 aromatic rings. The summed E-state index contributed by atoms with van der Waals surface area (Å²) in [5, 5.41) is 0. The minimum atomic E-state index is 0.758. The van der Waals surface area contributed by atoms with Crippen molar-refractivity contribution in [2.45, 2.75) is 0 Å². The first kappa shape index (κ1) is 10.8. The molecule has 2 nitrogen and oxygen atoms in total. The Kier molecular flexibility index (Phi) is 3.17. The average molecular weight is 330 g/mol. The summed E-state index contributed by atoms with van der Waals surface area (Å²) < 4.78 is 9.49. The van der Waals surface area contributed by atoms with Crippen LogP contribution in [0.25, 0.3) is 0 Å². The largest absolute Gasteiger partial charge is 0.440 e. The standard InChI is InChI=1S/C11H8Br2NO/c1-14-6-2-3-11(14)15-10-7-8(12)4-5-9(10)13/h3-7H,1H3. The lowest BCUT2D eigenvalue weighted by molar-refractivity contribution is 0.440. The molecule has 0 N–H and O–H groups in total. The lowest BCUT2D eigenvalue weighted by Gasteiger charge is -2.08. The highest BCUT2D eigenvalue weighted by atomic mass is 79.9. The zero-order chi connectivity index (χ0) is 10.8. The Morgan fingerprint density at radius 2 is 2.13 bits per heavy atom. The van der Waals surface area contributed by atoms with Crippen LogP contribution in [0.3, 0.4) is 0 Å². The first-order chi connectivity index (χ1) is 7.16. The normalized spacial score (nSPS) is 10.3. The highest BCUT2D eigenvalue weighted by Crippen LogP contribution is 2.32. The second kappa shape index (κ2) is 4.41. The Labute approximate surface area is 105 Å². The zero-order valence-electron chi connectivity index (χ0n) is 8.00. The molecule has 1 radical (unpaired) electrons. The number of aryl methyl sites for hydroxylation is 1. The number of rotatable bonds is 2. The molecule has 0 aliphatic rings. The van der Waals surface area contributed by atoms with Crippen molar-refractivity contribution in [3.8, 4) is 11.6 Å². The Morgan fingerprint density at radius 3 is 2.80 bits per heavy atom. The van der Waals surface area contributed by atoms with Crippen molar-refractivity contribution in [1.82, 2.24) is 4.57 Å². The minimum absolute atomic E-state index is 0.758. The number of halogens is 2. The van der Waals surface area contributed by atoms with Crippen LogP contribution in [0.5, 0.6) is 11.6 Å². The van der Waals surface area contributed by atoms with Gasteiger partial charge < -0.3 is 9.30 Å². The van der Waals surface area contributed by atoms with Crippen molar-refractivity contribution in [1.29, 1.82) is 0 Å². The van der Waals surface area contributed by atoms with Crippen LogP contribution in [0.15, 0.2) is 39.4 Å². The van der Waals surface area contributed by atoms with E-state index in [1.807, 2.05) is 36.0 Å². The van der Waals surface area contributed by atoms with Crippen LogP contribution in [-0.2, 0) is 7.05 Å². The Bertz CT molecular complexity index is 479. The number of hydrogen-bond donors (Lipinski definition) is 0. The van der Waals surface area contributed by atoms with Crippen LogP contribution in [0.2, 0.25) is 0 Å². The fraction of sp³-hybridized carbons (Fsp3) is 0.0909. The number of ether oxygens (including phenoxy) is 1. The molecule has 4 heteroatoms. The van der Waals surface area contributed by atoms with Gasteiger partial charge in [-0.3, -0.25) is 0 Å². The average Bonchev–Trinajstić information content (AvgIpc) is 2.58. The van der Waals surface area contributed by atoms with Gasteiger partial charge >= 0.3 is 0 Å². The highest BCUT2D eigenvalue weighted by Gasteiger charge is 2.05. The molecule has 0 spiro atoms. The Morgan fingerprint density at radius 1 is 1.33 bits per heavy atom. The third kappa shape index (κ3) is 2.44. The van der Waals surface area contributed by atoms with Crippen molar-refractivity contribution < 1.29 is 4.74 Å². The van der Waals surface area contributed by atoms with Crippen molar-refractivity contribution in [3.05, 3.63) is 45.5 Å². The summed E-state index contributed by atoms with van der Waals surface area (Å²) >= 11 is 6.84. The molecule has 0 atom stereocenters. The maximum atomic E-state index is 5.72. The molecule has 15 heavy (non-hydrogen) atoms. The first-order valence-corrected chi connectivity index (χ1v) is 5.91. The van der Waals surface area contributed by atoms with Gasteiger partial charge in [0.1, 0.15) is 5.75 Å². The van der Waals surface area contributed by atoms with Crippen molar-refractivity contribution in [2.24, 2.45) is 7.05 Å². The topological polar surface area (TPSA) is 14.2 Å². The second-order valence-corrected chi connectivity index (χ2v) is 4.84. The molecule has 0 bridgehead atoms. The first-order valence-electron chi connectivity index (χ1n) is 4.32. The number of benzene rings is 1. The summed E-state index contributed by atoms with van der Waals surface area (Å²) in [5.41, 5.74) is 0. The van der Waals surface area contributed by atoms with Gasteiger partial charge in [-0.2, -0.15) is 0 Å². The summed E-state index contributed by atoms with van der Waals surface area (Å²) in [7, 11) is 1.91. The molecular weight excluding hydrogens is 322 g/mol. The van der Waals surface area contributed by atoms with Gasteiger partial charge in [-0.1, -0.05) is 15.9 Å². The van der Waals surface area contributed by atoms with E-state index in [1.165, 1.54) is 0 Å². The molecule has 2 rings (SSSR count). The summed E-state index contributed by atoms with van der Waals surface area (Å²) in [6.45, 7) is 0. The summed E-state index contributed by atoms with van der Waals surface area (Å²) in [4.78, 5) is 0. The van der Waals surface area contributed by atoms with Crippen LogP contribution in [0.4, 0.5) is 0 Å². The van der Waals surface area contributed by atoms with E-state index in [4.69, 9.17) is 4.74 Å². The number of nitrogens with zero attached hydrogens (tertiary/aromatic N) is 1. The lowest BCUT2D eigenvalue weighted by atomic mass is 10.3. The molecule has 77 valence electrons. The molecule has 1 aromatic carbocycles. The third-order valence-corrected chi connectivity index (χ3v) is 3.08. The molecule has 0 aliphatic carbocycles. The maximum absolute atomic E-state index is 5.72. The molecule has 0 aliphatic heterocycles. The van der Waals surface area contributed by atoms with E-state index in [1.54, 1.807) is 6.07 Å². The molecule has 0 fully saturated rings. The summed E-state index contributed by atoms with van der Waals surface area (Å²) in [6, 6.07) is 10.6. The summed E-state index contributed by atoms with van der Waals surface area (Å²) in [5.74, 6) is 1.54. The van der Waals surface area contributed by atoms with Crippen molar-refractivity contribution in [3.63, 3.8) is 0 Å². The van der Waals surface area contributed by atoms with Gasteiger partial charge in [0.05, 0.1) is 4.47 Å². The minimum Gasteiger partial charge on any atom is -0.440 e. The fourth-order valence-electron chi connectivity index (χ4n) is 1.16. The molecule has 0 amide bonds. The van der Waals surface area contributed by atoms with E-state index >= 15 is 0 Å². The van der Waals surface area contributed by atoms with Gasteiger partial charge in [-0.05, 0) is 34.1 Å². The van der Waals surface area contributed by atoms with E-state index in [2.05, 4.69) is 37.9 Å². The monoisotopic (exact) mass is 328 g/mol. The zero-order valence-corrected chi connectivity index (χ0v) is 11.2.